The van der Waals surface area contributed by atoms with Gasteiger partial charge in [-0.15, -0.1) is 0 Å². The van der Waals surface area contributed by atoms with E-state index in [4.69, 9.17) is 4.74 Å². The Morgan fingerprint density at radius 3 is 2.23 bits per heavy atom. The Morgan fingerprint density at radius 1 is 0.860 bits per heavy atom. The quantitative estimate of drug-likeness (QED) is 0.352. The molecule has 0 aromatic heterocycles. The Hall–Kier alpha value is -3.75. The van der Waals surface area contributed by atoms with Crippen LogP contribution in [-0.4, -0.2) is 76.1 Å². The fourth-order valence-electron chi connectivity index (χ4n) is 7.71. The van der Waals surface area contributed by atoms with E-state index in [2.05, 4.69) is 6.92 Å². The minimum atomic E-state index is -1.36. The maximum atomic E-state index is 14.9. The largest absolute Gasteiger partial charge is 0.394 e. The molecule has 4 aliphatic heterocycles. The Bertz CT molecular complexity index is 1410. The number of carbonyl (C=O) groups excluding carboxylic acids is 3. The van der Waals surface area contributed by atoms with Gasteiger partial charge in [0.05, 0.1) is 30.1 Å². The highest BCUT2D eigenvalue weighted by molar-refractivity contribution is 6.04. The van der Waals surface area contributed by atoms with Crippen LogP contribution in [0.3, 0.4) is 0 Å². The van der Waals surface area contributed by atoms with Crippen molar-refractivity contribution in [3.8, 4) is 0 Å². The number of likely N-dealkylation sites (tertiary alicyclic amines) is 1. The van der Waals surface area contributed by atoms with Gasteiger partial charge in [-0.25, -0.2) is 0 Å². The number of rotatable bonds is 9. The van der Waals surface area contributed by atoms with Gasteiger partial charge in [-0.2, -0.15) is 0 Å². The van der Waals surface area contributed by atoms with Crippen LogP contribution < -0.4 is 4.90 Å². The second kappa shape index (κ2) is 11.7. The fourth-order valence-corrected chi connectivity index (χ4v) is 7.71. The molecule has 4 aliphatic rings. The summed E-state index contributed by atoms with van der Waals surface area (Å²) in [7, 11) is 0. The molecule has 2 aromatic rings. The van der Waals surface area contributed by atoms with Crippen molar-refractivity contribution < 1.29 is 24.2 Å². The normalized spacial score (nSPS) is 30.6. The van der Waals surface area contributed by atoms with Crippen LogP contribution in [-0.2, 0) is 19.1 Å². The molecule has 0 bridgehead atoms. The molecule has 0 aliphatic carbocycles. The molecule has 2 aromatic carbocycles. The van der Waals surface area contributed by atoms with Gasteiger partial charge in [-0.1, -0.05) is 99.5 Å². The van der Waals surface area contributed by atoms with Crippen LogP contribution in [0, 0.1) is 11.8 Å². The van der Waals surface area contributed by atoms with E-state index in [1.807, 2.05) is 91.9 Å². The highest BCUT2D eigenvalue weighted by Gasteiger charge is 2.76. The molecule has 1 N–H and O–H groups in total. The lowest BCUT2D eigenvalue weighted by molar-refractivity contribution is -0.155. The summed E-state index contributed by atoms with van der Waals surface area (Å²) < 4.78 is 7.10. The second-order valence-corrected chi connectivity index (χ2v) is 12.1. The zero-order valence-electron chi connectivity index (χ0n) is 25.0. The smallest absolute Gasteiger partial charge is 0.249 e. The lowest BCUT2D eigenvalue weighted by Crippen LogP contribution is -2.57. The first-order valence-corrected chi connectivity index (χ1v) is 15.6. The van der Waals surface area contributed by atoms with Crippen LogP contribution in [0.2, 0.25) is 0 Å². The third-order valence-electron chi connectivity index (χ3n) is 9.75. The maximum Gasteiger partial charge on any atom is 0.249 e. The van der Waals surface area contributed by atoms with Gasteiger partial charge in [-0.05, 0) is 30.5 Å². The minimum absolute atomic E-state index is 0.195. The number of nitrogens with zero attached hydrogens (tertiary/aromatic N) is 3. The molecule has 6 atom stereocenters. The van der Waals surface area contributed by atoms with Gasteiger partial charge in [-0.3, -0.25) is 14.4 Å². The summed E-state index contributed by atoms with van der Waals surface area (Å²) in [5, 5.41) is 10.8. The Labute approximate surface area is 253 Å². The Kier molecular flexibility index (Phi) is 8.00. The highest BCUT2D eigenvalue weighted by atomic mass is 16.5. The van der Waals surface area contributed by atoms with Gasteiger partial charge in [0.25, 0.3) is 0 Å². The molecule has 8 nitrogen and oxygen atoms in total. The van der Waals surface area contributed by atoms with Gasteiger partial charge in [0, 0.05) is 25.3 Å². The molecule has 0 saturated carbocycles. The number of carbonyl (C=O) groups is 3. The molecule has 2 fully saturated rings. The van der Waals surface area contributed by atoms with E-state index >= 15 is 0 Å². The van der Waals surface area contributed by atoms with E-state index in [0.29, 0.717) is 26.1 Å². The van der Waals surface area contributed by atoms with Crippen molar-refractivity contribution in [1.29, 1.82) is 0 Å². The van der Waals surface area contributed by atoms with Crippen molar-refractivity contribution in [2.75, 3.05) is 31.1 Å². The van der Waals surface area contributed by atoms with Crippen LogP contribution in [0.1, 0.15) is 51.1 Å². The van der Waals surface area contributed by atoms with Gasteiger partial charge in [0.1, 0.15) is 11.6 Å². The summed E-state index contributed by atoms with van der Waals surface area (Å²) in [5.41, 5.74) is -0.951. The SMILES string of the molecule is CCCCCN1CC=C[C@]23O[C@@]4(CC)C=CCN(c5ccccc5)C(=O)[C@H]4[C@H]2C(=O)N([C@H](CO)c2ccccc2)C3C1=O. The number of ether oxygens (including phenoxy) is 1. The number of fused-ring (bicyclic) bond motifs is 2. The van der Waals surface area contributed by atoms with Crippen LogP contribution in [0.15, 0.2) is 85.0 Å². The van der Waals surface area contributed by atoms with E-state index in [1.54, 1.807) is 14.7 Å². The van der Waals surface area contributed by atoms with Crippen molar-refractivity contribution in [2.24, 2.45) is 11.8 Å². The minimum Gasteiger partial charge on any atom is -0.394 e. The third kappa shape index (κ3) is 4.62. The van der Waals surface area contributed by atoms with E-state index < -0.39 is 35.1 Å². The lowest BCUT2D eigenvalue weighted by Gasteiger charge is -2.41. The number of aliphatic hydroxyl groups excluding tert-OH is 1. The number of para-hydroxylation sites is 1. The van der Waals surface area contributed by atoms with Gasteiger partial charge in [0.15, 0.2) is 0 Å². The first-order chi connectivity index (χ1) is 20.9. The first kappa shape index (κ1) is 29.3. The lowest BCUT2D eigenvalue weighted by atomic mass is 9.73. The Balaban J connectivity index is 1.51. The molecule has 2 saturated heterocycles. The van der Waals surface area contributed by atoms with E-state index in [0.717, 1.165) is 30.5 Å². The van der Waals surface area contributed by atoms with Gasteiger partial charge < -0.3 is 24.5 Å². The molecule has 6 rings (SSSR count). The number of hydrogen-bond acceptors (Lipinski definition) is 5. The molecule has 8 heteroatoms. The average Bonchev–Trinajstić information content (AvgIpc) is 3.33. The number of unbranched alkanes of at least 4 members (excludes halogenated alkanes) is 2. The maximum absolute atomic E-state index is 14.9. The summed E-state index contributed by atoms with van der Waals surface area (Å²) in [5.74, 6) is -2.52. The van der Waals surface area contributed by atoms with Crippen molar-refractivity contribution in [3.63, 3.8) is 0 Å². The predicted octanol–water partition coefficient (Wildman–Crippen LogP) is 4.27. The molecule has 1 spiro atoms. The van der Waals surface area contributed by atoms with Crippen molar-refractivity contribution in [1.82, 2.24) is 9.80 Å². The van der Waals surface area contributed by atoms with E-state index in [9.17, 15) is 19.5 Å². The summed E-state index contributed by atoms with van der Waals surface area (Å²) in [6, 6.07) is 17.0. The van der Waals surface area contributed by atoms with Gasteiger partial charge in [0.2, 0.25) is 17.7 Å². The molecule has 226 valence electrons. The summed E-state index contributed by atoms with van der Waals surface area (Å²) in [6.07, 6.45) is 11.0. The number of aliphatic hydroxyl groups is 1. The number of amides is 3. The van der Waals surface area contributed by atoms with E-state index in [1.165, 1.54) is 0 Å². The van der Waals surface area contributed by atoms with Crippen LogP contribution >= 0.6 is 0 Å². The zero-order chi connectivity index (χ0) is 30.2. The van der Waals surface area contributed by atoms with Gasteiger partial charge >= 0.3 is 0 Å². The fraction of sp³-hybridized carbons (Fsp3) is 0.457. The zero-order valence-corrected chi connectivity index (χ0v) is 25.0. The van der Waals surface area contributed by atoms with Crippen LogP contribution in [0.4, 0.5) is 5.69 Å². The number of hydrogen-bond donors (Lipinski definition) is 1. The number of benzene rings is 2. The Morgan fingerprint density at radius 2 is 1.56 bits per heavy atom. The molecule has 3 amide bonds. The highest BCUT2D eigenvalue weighted by Crippen LogP contribution is 2.59. The third-order valence-corrected chi connectivity index (χ3v) is 9.75. The average molecular weight is 584 g/mol. The standard InChI is InChI=1S/C35H41N3O5/c1-3-5-12-21-36-22-14-20-35-29(32(41)38(30(35)33(36)42)27(24-39)25-15-8-6-9-16-25)28-31(40)37(26-17-10-7-11-18-26)23-13-19-34(28,4-2)43-35/h6-11,13-20,27-30,39H,3-5,12,21-24H2,1-2H3/t27-,28-,29+,30?,34+,35+/m1/s1. The second-order valence-electron chi connectivity index (χ2n) is 12.1. The van der Waals surface area contributed by atoms with Crippen molar-refractivity contribution in [3.05, 3.63) is 90.5 Å². The predicted molar refractivity (Wildman–Crippen MR) is 164 cm³/mol. The van der Waals surface area contributed by atoms with Crippen LogP contribution in [0.25, 0.3) is 0 Å². The van der Waals surface area contributed by atoms with Crippen molar-refractivity contribution >= 4 is 23.4 Å². The van der Waals surface area contributed by atoms with Crippen molar-refractivity contribution in [2.45, 2.75) is 62.8 Å². The topological polar surface area (TPSA) is 90.4 Å². The summed E-state index contributed by atoms with van der Waals surface area (Å²) >= 11 is 0. The molecule has 1 unspecified atom stereocenters. The molecule has 0 radical (unpaired) electrons. The molecule has 43 heavy (non-hydrogen) atoms. The molecule has 4 heterocycles. The monoisotopic (exact) mass is 583 g/mol. The van der Waals surface area contributed by atoms with Crippen LogP contribution in [0.5, 0.6) is 0 Å². The van der Waals surface area contributed by atoms with E-state index in [-0.39, 0.29) is 24.3 Å². The number of anilines is 1. The summed E-state index contributed by atoms with van der Waals surface area (Å²) in [6.45, 7) is 5.05. The molecular formula is C35H41N3O5. The first-order valence-electron chi connectivity index (χ1n) is 15.6. The summed E-state index contributed by atoms with van der Waals surface area (Å²) in [4.78, 5) is 49.2. The molecular weight excluding hydrogens is 542 g/mol.